The van der Waals surface area contributed by atoms with Gasteiger partial charge in [-0.3, -0.25) is 4.79 Å². The van der Waals surface area contributed by atoms with Crippen LogP contribution in [0, 0.1) is 0 Å². The van der Waals surface area contributed by atoms with Crippen LogP contribution in [0.5, 0.6) is 0 Å². The standard InChI is InChI=1S/C22H26N4O4/c1-3-23-22(29)30-19-13-14-26(21(28)24-16-9-5-4-6-10-16)15-20(27)25(2)18-12-8-7-11-17(18)19/h4-12,19H,3,13-15H2,1-2H3,(H,23,29)(H,24,28). The fourth-order valence-electron chi connectivity index (χ4n) is 3.31. The maximum atomic E-state index is 12.9. The molecule has 8 nitrogen and oxygen atoms in total. The number of nitrogens with zero attached hydrogens (tertiary/aromatic N) is 2. The summed E-state index contributed by atoms with van der Waals surface area (Å²) in [5.41, 5.74) is 2.02. The molecule has 0 spiro atoms. The Morgan fingerprint density at radius 1 is 1.10 bits per heavy atom. The van der Waals surface area contributed by atoms with Gasteiger partial charge in [-0.15, -0.1) is 0 Å². The number of urea groups is 1. The molecule has 8 heteroatoms. The number of carbonyl (C=O) groups is 3. The van der Waals surface area contributed by atoms with E-state index in [9.17, 15) is 14.4 Å². The third kappa shape index (κ3) is 5.08. The summed E-state index contributed by atoms with van der Waals surface area (Å²) in [6.45, 7) is 2.41. The van der Waals surface area contributed by atoms with Gasteiger partial charge >= 0.3 is 12.1 Å². The van der Waals surface area contributed by atoms with Gasteiger partial charge in [-0.05, 0) is 25.1 Å². The maximum absolute atomic E-state index is 12.9. The van der Waals surface area contributed by atoms with Crippen molar-refractivity contribution in [1.82, 2.24) is 10.2 Å². The number of rotatable bonds is 3. The number of ether oxygens (including phenoxy) is 1. The molecule has 158 valence electrons. The van der Waals surface area contributed by atoms with E-state index in [2.05, 4.69) is 10.6 Å². The van der Waals surface area contributed by atoms with Crippen LogP contribution in [-0.4, -0.2) is 49.6 Å². The molecule has 0 bridgehead atoms. The number of likely N-dealkylation sites (N-methyl/N-ethyl adjacent to an activating group) is 1. The molecule has 4 amide bonds. The number of fused-ring (bicyclic) bond motifs is 1. The second kappa shape index (κ2) is 9.78. The Kier molecular flexibility index (Phi) is 6.90. The molecule has 1 unspecified atom stereocenters. The van der Waals surface area contributed by atoms with Crippen molar-refractivity contribution in [3.05, 3.63) is 60.2 Å². The summed E-state index contributed by atoms with van der Waals surface area (Å²) in [5, 5.41) is 5.44. The normalized spacial score (nSPS) is 16.6. The fourth-order valence-corrected chi connectivity index (χ4v) is 3.31. The zero-order chi connectivity index (χ0) is 21.5. The van der Waals surface area contributed by atoms with Crippen LogP contribution in [0.4, 0.5) is 21.0 Å². The van der Waals surface area contributed by atoms with Crippen molar-refractivity contribution in [3.63, 3.8) is 0 Å². The van der Waals surface area contributed by atoms with Crippen LogP contribution in [0.1, 0.15) is 25.0 Å². The van der Waals surface area contributed by atoms with E-state index in [1.165, 1.54) is 9.80 Å². The monoisotopic (exact) mass is 410 g/mol. The van der Waals surface area contributed by atoms with Crippen molar-refractivity contribution >= 4 is 29.4 Å². The van der Waals surface area contributed by atoms with E-state index in [0.717, 1.165) is 5.56 Å². The summed E-state index contributed by atoms with van der Waals surface area (Å²) >= 11 is 0. The van der Waals surface area contributed by atoms with Crippen LogP contribution in [0.25, 0.3) is 0 Å². The number of nitrogens with one attached hydrogen (secondary N) is 2. The lowest BCUT2D eigenvalue weighted by molar-refractivity contribution is -0.118. The molecule has 2 N–H and O–H groups in total. The summed E-state index contributed by atoms with van der Waals surface area (Å²) < 4.78 is 5.63. The number of carbonyl (C=O) groups excluding carboxylic acids is 3. The highest BCUT2D eigenvalue weighted by atomic mass is 16.6. The first-order chi connectivity index (χ1) is 14.5. The van der Waals surface area contributed by atoms with Gasteiger partial charge in [0.2, 0.25) is 5.91 Å². The summed E-state index contributed by atoms with van der Waals surface area (Å²) in [6, 6.07) is 16.0. The van der Waals surface area contributed by atoms with E-state index in [1.807, 2.05) is 36.4 Å². The topological polar surface area (TPSA) is 91.0 Å². The minimum atomic E-state index is -0.604. The number of amides is 4. The van der Waals surface area contributed by atoms with E-state index in [0.29, 0.717) is 24.3 Å². The van der Waals surface area contributed by atoms with Crippen LogP contribution in [-0.2, 0) is 9.53 Å². The molecule has 0 aliphatic carbocycles. The first kappa shape index (κ1) is 21.2. The molecule has 0 saturated heterocycles. The second-order valence-corrected chi connectivity index (χ2v) is 6.94. The highest BCUT2D eigenvalue weighted by Crippen LogP contribution is 2.32. The van der Waals surface area contributed by atoms with Gasteiger partial charge in [-0.2, -0.15) is 0 Å². The molecule has 1 aliphatic rings. The number of hydrogen-bond donors (Lipinski definition) is 2. The SMILES string of the molecule is CCNC(=O)OC1CCN(C(=O)Nc2ccccc2)CC(=O)N(C)c2ccccc21. The number of hydrogen-bond acceptors (Lipinski definition) is 4. The van der Waals surface area contributed by atoms with E-state index >= 15 is 0 Å². The van der Waals surface area contributed by atoms with Gasteiger partial charge in [0, 0.05) is 37.8 Å². The lowest BCUT2D eigenvalue weighted by Crippen LogP contribution is -2.43. The van der Waals surface area contributed by atoms with Crippen molar-refractivity contribution in [1.29, 1.82) is 0 Å². The minimum absolute atomic E-state index is 0.0859. The maximum Gasteiger partial charge on any atom is 0.407 e. The molecule has 1 heterocycles. The molecule has 0 aromatic heterocycles. The lowest BCUT2D eigenvalue weighted by Gasteiger charge is -2.24. The summed E-state index contributed by atoms with van der Waals surface area (Å²) in [5.74, 6) is -0.232. The van der Waals surface area contributed by atoms with Gasteiger partial charge in [0.05, 0.1) is 5.69 Å². The Morgan fingerprint density at radius 2 is 1.80 bits per heavy atom. The smallest absolute Gasteiger partial charge is 0.407 e. The molecular formula is C22H26N4O4. The Morgan fingerprint density at radius 3 is 2.53 bits per heavy atom. The largest absolute Gasteiger partial charge is 0.441 e. The van der Waals surface area contributed by atoms with Crippen molar-refractivity contribution in [3.8, 4) is 0 Å². The molecule has 1 atom stereocenters. The summed E-state index contributed by atoms with van der Waals surface area (Å²) in [4.78, 5) is 40.7. The van der Waals surface area contributed by atoms with E-state index in [1.54, 1.807) is 32.2 Å². The van der Waals surface area contributed by atoms with Crippen LogP contribution in [0.3, 0.4) is 0 Å². The van der Waals surface area contributed by atoms with Gasteiger partial charge < -0.3 is 25.2 Å². The van der Waals surface area contributed by atoms with Gasteiger partial charge in [-0.1, -0.05) is 36.4 Å². The molecule has 1 aliphatic heterocycles. The number of para-hydroxylation sites is 2. The highest BCUT2D eigenvalue weighted by molar-refractivity contribution is 5.98. The molecule has 2 aromatic rings. The summed E-state index contributed by atoms with van der Waals surface area (Å²) in [6.07, 6.45) is -0.781. The van der Waals surface area contributed by atoms with Crippen LogP contribution in [0.15, 0.2) is 54.6 Å². The van der Waals surface area contributed by atoms with Crippen molar-refractivity contribution in [2.45, 2.75) is 19.4 Å². The average molecular weight is 410 g/mol. The Labute approximate surface area is 175 Å². The summed E-state index contributed by atoms with van der Waals surface area (Å²) in [7, 11) is 1.66. The predicted octanol–water partition coefficient (Wildman–Crippen LogP) is 3.37. The number of benzene rings is 2. The quantitative estimate of drug-likeness (QED) is 0.812. The van der Waals surface area contributed by atoms with Crippen LogP contribution < -0.4 is 15.5 Å². The third-order valence-corrected chi connectivity index (χ3v) is 4.89. The molecule has 0 fully saturated rings. The van der Waals surface area contributed by atoms with Crippen molar-refractivity contribution in [2.24, 2.45) is 0 Å². The first-order valence-electron chi connectivity index (χ1n) is 9.90. The number of anilines is 2. The van der Waals surface area contributed by atoms with Gasteiger partial charge in [0.1, 0.15) is 12.6 Å². The van der Waals surface area contributed by atoms with E-state index in [4.69, 9.17) is 4.74 Å². The predicted molar refractivity (Wildman–Crippen MR) is 114 cm³/mol. The molecule has 0 radical (unpaired) electrons. The first-order valence-corrected chi connectivity index (χ1v) is 9.90. The zero-order valence-corrected chi connectivity index (χ0v) is 17.1. The highest BCUT2D eigenvalue weighted by Gasteiger charge is 2.29. The molecular weight excluding hydrogens is 384 g/mol. The average Bonchev–Trinajstić information content (AvgIpc) is 2.79. The van der Waals surface area contributed by atoms with E-state index in [-0.39, 0.29) is 25.0 Å². The third-order valence-electron chi connectivity index (χ3n) is 4.89. The van der Waals surface area contributed by atoms with Crippen molar-refractivity contribution in [2.75, 3.05) is 36.9 Å². The molecule has 30 heavy (non-hydrogen) atoms. The zero-order valence-electron chi connectivity index (χ0n) is 17.1. The van der Waals surface area contributed by atoms with Gasteiger partial charge in [-0.25, -0.2) is 9.59 Å². The molecule has 3 rings (SSSR count). The molecule has 0 saturated carbocycles. The van der Waals surface area contributed by atoms with Crippen molar-refractivity contribution < 1.29 is 19.1 Å². The Hall–Kier alpha value is -3.55. The van der Waals surface area contributed by atoms with Gasteiger partial charge in [0.15, 0.2) is 0 Å². The van der Waals surface area contributed by atoms with Crippen LogP contribution in [0.2, 0.25) is 0 Å². The fraction of sp³-hybridized carbons (Fsp3) is 0.318. The second-order valence-electron chi connectivity index (χ2n) is 6.94. The lowest BCUT2D eigenvalue weighted by atomic mass is 10.0. The molecule has 2 aromatic carbocycles. The van der Waals surface area contributed by atoms with Crippen LogP contribution >= 0.6 is 0 Å². The minimum Gasteiger partial charge on any atom is -0.441 e. The van der Waals surface area contributed by atoms with Gasteiger partial charge in [0.25, 0.3) is 0 Å². The number of alkyl carbamates (subject to hydrolysis) is 1. The van der Waals surface area contributed by atoms with E-state index < -0.39 is 12.2 Å². The Balaban J connectivity index is 1.86. The Bertz CT molecular complexity index is 903.